The lowest BCUT2D eigenvalue weighted by molar-refractivity contribution is 0.559. The monoisotopic (exact) mass is 306 g/mol. The van der Waals surface area contributed by atoms with Gasteiger partial charge in [-0.2, -0.15) is 0 Å². The molecule has 17 heavy (non-hydrogen) atoms. The number of aryl methyl sites for hydroxylation is 1. The predicted octanol–water partition coefficient (Wildman–Crippen LogP) is 4.91. The summed E-state index contributed by atoms with van der Waals surface area (Å²) in [5, 5.41) is 0. The smallest absolute Gasteiger partial charge is 0.0523 e. The van der Waals surface area contributed by atoms with Crippen molar-refractivity contribution in [2.45, 2.75) is 24.6 Å². The van der Waals surface area contributed by atoms with Crippen molar-refractivity contribution >= 4 is 27.3 Å². The van der Waals surface area contributed by atoms with E-state index >= 15 is 0 Å². The number of hydrogen-bond donors (Lipinski definition) is 0. The van der Waals surface area contributed by atoms with Crippen LogP contribution < -0.4 is 0 Å². The molecule has 1 aliphatic carbocycles. The van der Waals surface area contributed by atoms with Crippen LogP contribution in [0.5, 0.6) is 0 Å². The summed E-state index contributed by atoms with van der Waals surface area (Å²) in [5.74, 6) is 0.713. The summed E-state index contributed by atoms with van der Waals surface area (Å²) in [4.78, 5) is 3.38. The number of rotatable bonds is 2. The maximum atomic E-state index is 3.90. The van der Waals surface area contributed by atoms with Crippen LogP contribution in [0.1, 0.15) is 25.7 Å². The molecule has 2 aromatic rings. The van der Waals surface area contributed by atoms with Crippen LogP contribution in [0, 0.1) is 12.8 Å². The molecule has 1 aliphatic rings. The van der Waals surface area contributed by atoms with E-state index in [2.05, 4.69) is 59.3 Å². The molecule has 0 fully saturated rings. The van der Waals surface area contributed by atoms with Gasteiger partial charge < -0.3 is 0 Å². The van der Waals surface area contributed by atoms with Crippen LogP contribution in [-0.4, -0.2) is 0 Å². The summed E-state index contributed by atoms with van der Waals surface area (Å²) in [5.41, 5.74) is 3.07. The highest BCUT2D eigenvalue weighted by Gasteiger charge is 2.28. The number of thiophene rings is 1. The Morgan fingerprint density at radius 3 is 2.29 bits per heavy atom. The molecule has 0 amide bonds. The Kier molecular flexibility index (Phi) is 3.10. The summed E-state index contributed by atoms with van der Waals surface area (Å²) in [6.07, 6.45) is 2.42. The van der Waals surface area contributed by atoms with Crippen molar-refractivity contribution in [3.8, 4) is 0 Å². The molecule has 0 saturated heterocycles. The minimum absolute atomic E-state index is 0.508. The molecule has 0 radical (unpaired) electrons. The summed E-state index contributed by atoms with van der Waals surface area (Å²) >= 11 is 5.81. The highest BCUT2D eigenvalue weighted by Crippen LogP contribution is 2.42. The van der Waals surface area contributed by atoms with Gasteiger partial charge in [0.05, 0.1) is 4.83 Å². The van der Waals surface area contributed by atoms with Crippen molar-refractivity contribution in [2.24, 2.45) is 5.92 Å². The van der Waals surface area contributed by atoms with Crippen LogP contribution in [0.25, 0.3) is 0 Å². The zero-order chi connectivity index (χ0) is 11.8. The quantitative estimate of drug-likeness (QED) is 0.692. The SMILES string of the molecule is Cc1ccc(C(Br)C2Cc3ccccc3C2)s1. The Morgan fingerprint density at radius 2 is 1.76 bits per heavy atom. The third-order valence-electron chi connectivity index (χ3n) is 3.53. The first-order valence-corrected chi connectivity index (χ1v) is 7.74. The van der Waals surface area contributed by atoms with E-state index < -0.39 is 0 Å². The van der Waals surface area contributed by atoms with Crippen molar-refractivity contribution < 1.29 is 0 Å². The summed E-state index contributed by atoms with van der Waals surface area (Å²) < 4.78 is 0. The van der Waals surface area contributed by atoms with E-state index in [1.54, 1.807) is 0 Å². The highest BCUT2D eigenvalue weighted by atomic mass is 79.9. The number of fused-ring (bicyclic) bond motifs is 1. The van der Waals surface area contributed by atoms with Gasteiger partial charge in [0.1, 0.15) is 0 Å². The zero-order valence-corrected chi connectivity index (χ0v) is 12.2. The first kappa shape index (κ1) is 11.5. The molecular weight excluding hydrogens is 292 g/mol. The summed E-state index contributed by atoms with van der Waals surface area (Å²) in [6, 6.07) is 13.3. The Labute approximate surface area is 115 Å². The topological polar surface area (TPSA) is 0 Å². The van der Waals surface area contributed by atoms with Gasteiger partial charge in [0, 0.05) is 9.75 Å². The maximum absolute atomic E-state index is 3.90. The van der Waals surface area contributed by atoms with E-state index in [4.69, 9.17) is 0 Å². The van der Waals surface area contributed by atoms with Crippen LogP contribution in [-0.2, 0) is 12.8 Å². The molecule has 1 aromatic carbocycles. The van der Waals surface area contributed by atoms with E-state index in [1.165, 1.54) is 33.7 Å². The molecular formula is C15H15BrS. The number of alkyl halides is 1. The molecule has 0 aliphatic heterocycles. The lowest BCUT2D eigenvalue weighted by atomic mass is 10.0. The van der Waals surface area contributed by atoms with Crippen molar-refractivity contribution in [3.63, 3.8) is 0 Å². The second-order valence-electron chi connectivity index (χ2n) is 4.79. The lowest BCUT2D eigenvalue weighted by Gasteiger charge is -2.15. The molecule has 3 rings (SSSR count). The molecule has 88 valence electrons. The third kappa shape index (κ3) is 2.21. The Balaban J connectivity index is 1.80. The van der Waals surface area contributed by atoms with Crippen LogP contribution in [0.4, 0.5) is 0 Å². The van der Waals surface area contributed by atoms with Gasteiger partial charge in [-0.3, -0.25) is 0 Å². The first-order valence-electron chi connectivity index (χ1n) is 6.01. The number of halogens is 1. The van der Waals surface area contributed by atoms with Crippen molar-refractivity contribution in [3.05, 3.63) is 57.3 Å². The van der Waals surface area contributed by atoms with E-state index in [9.17, 15) is 0 Å². The van der Waals surface area contributed by atoms with Crippen molar-refractivity contribution in [1.29, 1.82) is 0 Å². The summed E-state index contributed by atoms with van der Waals surface area (Å²) in [7, 11) is 0. The fraction of sp³-hybridized carbons (Fsp3) is 0.333. The molecule has 0 nitrogen and oxygen atoms in total. The average Bonchev–Trinajstić information content (AvgIpc) is 2.93. The predicted molar refractivity (Wildman–Crippen MR) is 78.1 cm³/mol. The Hall–Kier alpha value is -0.600. The molecule has 1 heterocycles. The minimum Gasteiger partial charge on any atom is -0.145 e. The van der Waals surface area contributed by atoms with Crippen LogP contribution in [0.3, 0.4) is 0 Å². The largest absolute Gasteiger partial charge is 0.145 e. The molecule has 0 saturated carbocycles. The van der Waals surface area contributed by atoms with Crippen LogP contribution in [0.2, 0.25) is 0 Å². The van der Waals surface area contributed by atoms with Gasteiger partial charge >= 0.3 is 0 Å². The second kappa shape index (κ2) is 4.58. The summed E-state index contributed by atoms with van der Waals surface area (Å²) in [6.45, 7) is 2.18. The van der Waals surface area contributed by atoms with Gasteiger partial charge in [-0.1, -0.05) is 40.2 Å². The van der Waals surface area contributed by atoms with Gasteiger partial charge in [-0.25, -0.2) is 0 Å². The van der Waals surface area contributed by atoms with Gasteiger partial charge in [0.2, 0.25) is 0 Å². The number of benzene rings is 1. The fourth-order valence-electron chi connectivity index (χ4n) is 2.63. The average molecular weight is 307 g/mol. The Bertz CT molecular complexity index is 504. The minimum atomic E-state index is 0.508. The van der Waals surface area contributed by atoms with E-state index in [-0.39, 0.29) is 0 Å². The molecule has 1 atom stereocenters. The molecule has 0 bridgehead atoms. The zero-order valence-electron chi connectivity index (χ0n) is 9.82. The van der Waals surface area contributed by atoms with E-state index in [1.807, 2.05) is 11.3 Å². The second-order valence-corrected chi connectivity index (χ2v) is 7.09. The van der Waals surface area contributed by atoms with E-state index in [0.717, 1.165) is 0 Å². The van der Waals surface area contributed by atoms with E-state index in [0.29, 0.717) is 10.7 Å². The van der Waals surface area contributed by atoms with Crippen LogP contribution in [0.15, 0.2) is 36.4 Å². The van der Waals surface area contributed by atoms with Crippen molar-refractivity contribution in [2.75, 3.05) is 0 Å². The highest BCUT2D eigenvalue weighted by molar-refractivity contribution is 9.09. The Morgan fingerprint density at radius 1 is 1.12 bits per heavy atom. The van der Waals surface area contributed by atoms with Gasteiger partial charge in [-0.15, -0.1) is 11.3 Å². The maximum Gasteiger partial charge on any atom is 0.0523 e. The van der Waals surface area contributed by atoms with Crippen molar-refractivity contribution in [1.82, 2.24) is 0 Å². The van der Waals surface area contributed by atoms with Gasteiger partial charge in [-0.05, 0) is 48.9 Å². The van der Waals surface area contributed by atoms with Gasteiger partial charge in [0.15, 0.2) is 0 Å². The van der Waals surface area contributed by atoms with Gasteiger partial charge in [0.25, 0.3) is 0 Å². The van der Waals surface area contributed by atoms with Crippen LogP contribution >= 0.6 is 27.3 Å². The lowest BCUT2D eigenvalue weighted by Crippen LogP contribution is -2.06. The molecule has 1 unspecified atom stereocenters. The molecule has 0 N–H and O–H groups in total. The fourth-order valence-corrected chi connectivity index (χ4v) is 4.39. The first-order chi connectivity index (χ1) is 8.24. The third-order valence-corrected chi connectivity index (χ3v) is 6.16. The standard InChI is InChI=1S/C15H15BrS/c1-10-6-7-14(17-10)15(16)13-8-11-4-2-3-5-12(11)9-13/h2-7,13,15H,8-9H2,1H3. The molecule has 0 spiro atoms. The molecule has 1 aromatic heterocycles. The number of hydrogen-bond acceptors (Lipinski definition) is 1. The molecule has 2 heteroatoms. The normalized spacial score (nSPS) is 17.1.